The van der Waals surface area contributed by atoms with Gasteiger partial charge < -0.3 is 10.5 Å². The summed E-state index contributed by atoms with van der Waals surface area (Å²) in [6, 6.07) is 6.58. The number of ether oxygens (including phenoxy) is 1. The number of hydrogen-bond acceptors (Lipinski definition) is 3. The third-order valence-corrected chi connectivity index (χ3v) is 5.12. The normalized spacial score (nSPS) is 21.6. The summed E-state index contributed by atoms with van der Waals surface area (Å²) in [6.07, 6.45) is 4.86. The molecule has 1 aromatic carbocycles. The van der Waals surface area contributed by atoms with Gasteiger partial charge in [0.1, 0.15) is 5.75 Å². The van der Waals surface area contributed by atoms with E-state index >= 15 is 0 Å². The second-order valence-electron chi connectivity index (χ2n) is 5.09. The second-order valence-corrected chi connectivity index (χ2v) is 6.44. The van der Waals surface area contributed by atoms with Gasteiger partial charge in [0.25, 0.3) is 0 Å². The number of nitrogens with two attached hydrogens (primary N) is 1. The Labute approximate surface area is 114 Å². The first-order chi connectivity index (χ1) is 8.70. The fourth-order valence-corrected chi connectivity index (χ4v) is 3.91. The van der Waals surface area contributed by atoms with Gasteiger partial charge in [-0.3, -0.25) is 0 Å². The summed E-state index contributed by atoms with van der Waals surface area (Å²) in [4.78, 5) is 0. The molecular weight excluding hydrogens is 242 g/mol. The van der Waals surface area contributed by atoms with E-state index in [0.29, 0.717) is 5.25 Å². The summed E-state index contributed by atoms with van der Waals surface area (Å²) in [5.41, 5.74) is 8.90. The highest BCUT2D eigenvalue weighted by Gasteiger charge is 2.22. The molecule has 100 valence electrons. The van der Waals surface area contributed by atoms with Crippen LogP contribution in [0.5, 0.6) is 5.75 Å². The largest absolute Gasteiger partial charge is 0.496 e. The molecule has 1 aliphatic rings. The minimum absolute atomic E-state index is 0.242. The third kappa shape index (κ3) is 3.42. The number of methoxy groups -OCH3 is 1. The molecule has 0 radical (unpaired) electrons. The van der Waals surface area contributed by atoms with Crippen LogP contribution in [0.4, 0.5) is 0 Å². The summed E-state index contributed by atoms with van der Waals surface area (Å²) in [5.74, 6) is 2.24. The quantitative estimate of drug-likeness (QED) is 0.908. The van der Waals surface area contributed by atoms with Gasteiger partial charge in [0.05, 0.1) is 7.11 Å². The molecule has 2 unspecified atom stereocenters. The van der Waals surface area contributed by atoms with Crippen LogP contribution in [0.2, 0.25) is 0 Å². The summed E-state index contributed by atoms with van der Waals surface area (Å²) >= 11 is 2.04. The van der Waals surface area contributed by atoms with Crippen molar-refractivity contribution >= 4 is 11.8 Å². The van der Waals surface area contributed by atoms with Crippen molar-refractivity contribution in [2.24, 2.45) is 5.73 Å². The molecule has 0 saturated carbocycles. The van der Waals surface area contributed by atoms with Crippen LogP contribution in [-0.4, -0.2) is 24.2 Å². The van der Waals surface area contributed by atoms with Gasteiger partial charge in [-0.2, -0.15) is 11.8 Å². The van der Waals surface area contributed by atoms with Crippen molar-refractivity contribution in [1.82, 2.24) is 0 Å². The first-order valence-corrected chi connectivity index (χ1v) is 7.76. The van der Waals surface area contributed by atoms with Gasteiger partial charge in [-0.15, -0.1) is 0 Å². The van der Waals surface area contributed by atoms with Gasteiger partial charge in [-0.1, -0.05) is 24.1 Å². The van der Waals surface area contributed by atoms with Crippen LogP contribution >= 0.6 is 11.8 Å². The van der Waals surface area contributed by atoms with Gasteiger partial charge >= 0.3 is 0 Å². The van der Waals surface area contributed by atoms with Gasteiger partial charge in [0.15, 0.2) is 0 Å². The summed E-state index contributed by atoms with van der Waals surface area (Å²) in [5, 5.41) is 0.615. The highest BCUT2D eigenvalue weighted by atomic mass is 32.2. The van der Waals surface area contributed by atoms with E-state index in [1.54, 1.807) is 7.11 Å². The molecule has 0 amide bonds. The summed E-state index contributed by atoms with van der Waals surface area (Å²) < 4.78 is 5.43. The van der Waals surface area contributed by atoms with Crippen LogP contribution in [0, 0.1) is 6.92 Å². The van der Waals surface area contributed by atoms with E-state index in [4.69, 9.17) is 10.5 Å². The average molecular weight is 265 g/mol. The minimum Gasteiger partial charge on any atom is -0.496 e. The van der Waals surface area contributed by atoms with Crippen LogP contribution in [0.3, 0.4) is 0 Å². The van der Waals surface area contributed by atoms with E-state index in [1.165, 1.54) is 36.1 Å². The van der Waals surface area contributed by atoms with Crippen LogP contribution in [0.1, 0.15) is 30.4 Å². The topological polar surface area (TPSA) is 35.2 Å². The van der Waals surface area contributed by atoms with Crippen LogP contribution in [0.25, 0.3) is 0 Å². The minimum atomic E-state index is 0.242. The second kappa shape index (κ2) is 6.48. The Morgan fingerprint density at radius 3 is 2.94 bits per heavy atom. The lowest BCUT2D eigenvalue weighted by atomic mass is 9.98. The molecule has 1 heterocycles. The monoisotopic (exact) mass is 265 g/mol. The molecule has 1 fully saturated rings. The zero-order valence-electron chi connectivity index (χ0n) is 11.3. The molecule has 2 nitrogen and oxygen atoms in total. The van der Waals surface area contributed by atoms with Gasteiger partial charge in [0.2, 0.25) is 0 Å². The molecule has 1 aromatic rings. The van der Waals surface area contributed by atoms with Crippen molar-refractivity contribution < 1.29 is 4.74 Å². The maximum Gasteiger partial charge on any atom is 0.122 e. The van der Waals surface area contributed by atoms with E-state index in [1.807, 2.05) is 17.8 Å². The Hall–Kier alpha value is -0.670. The number of aryl methyl sites for hydroxylation is 1. The standard InChI is InChI=1S/C15H23NOS/c1-11-6-7-14(17-2)12(9-11)10-13(16)15-5-3-4-8-18-15/h6-7,9,13,15H,3-5,8,10,16H2,1-2H3. The Morgan fingerprint density at radius 1 is 1.44 bits per heavy atom. The molecule has 3 heteroatoms. The van der Waals surface area contributed by atoms with Crippen molar-refractivity contribution in [2.75, 3.05) is 12.9 Å². The van der Waals surface area contributed by atoms with Gasteiger partial charge in [-0.25, -0.2) is 0 Å². The van der Waals surface area contributed by atoms with Crippen LogP contribution in [0.15, 0.2) is 18.2 Å². The highest BCUT2D eigenvalue weighted by Crippen LogP contribution is 2.29. The lowest BCUT2D eigenvalue weighted by molar-refractivity contribution is 0.407. The number of thioether (sulfide) groups is 1. The molecule has 0 aromatic heterocycles. The lowest BCUT2D eigenvalue weighted by Gasteiger charge is -2.27. The van der Waals surface area contributed by atoms with Gasteiger partial charge in [-0.05, 0) is 43.6 Å². The van der Waals surface area contributed by atoms with Crippen LogP contribution in [-0.2, 0) is 6.42 Å². The fraction of sp³-hybridized carbons (Fsp3) is 0.600. The SMILES string of the molecule is COc1ccc(C)cc1CC(N)C1CCCCS1. The number of benzene rings is 1. The Kier molecular flexibility index (Phi) is 4.95. The lowest BCUT2D eigenvalue weighted by Crippen LogP contribution is -2.36. The first kappa shape index (κ1) is 13.8. The average Bonchev–Trinajstić information content (AvgIpc) is 2.40. The smallest absolute Gasteiger partial charge is 0.122 e. The molecule has 0 aliphatic carbocycles. The predicted octanol–water partition coefficient (Wildman–Crippen LogP) is 3.16. The zero-order valence-corrected chi connectivity index (χ0v) is 12.1. The maximum absolute atomic E-state index is 6.38. The fourth-order valence-electron chi connectivity index (χ4n) is 2.56. The van der Waals surface area contributed by atoms with E-state index in [-0.39, 0.29) is 6.04 Å². The number of rotatable bonds is 4. The predicted molar refractivity (Wildman–Crippen MR) is 79.5 cm³/mol. The van der Waals surface area contributed by atoms with Crippen molar-refractivity contribution in [3.8, 4) is 5.75 Å². The van der Waals surface area contributed by atoms with E-state index in [0.717, 1.165) is 12.2 Å². The third-order valence-electron chi connectivity index (χ3n) is 3.58. The molecular formula is C15H23NOS. The Balaban J connectivity index is 2.05. The molecule has 1 aliphatic heterocycles. The first-order valence-electron chi connectivity index (χ1n) is 6.71. The molecule has 2 atom stereocenters. The summed E-state index contributed by atoms with van der Waals surface area (Å²) in [7, 11) is 1.73. The van der Waals surface area contributed by atoms with Crippen molar-refractivity contribution in [1.29, 1.82) is 0 Å². The Bertz CT molecular complexity index is 388. The summed E-state index contributed by atoms with van der Waals surface area (Å²) in [6.45, 7) is 2.11. The molecule has 0 bridgehead atoms. The highest BCUT2D eigenvalue weighted by molar-refractivity contribution is 8.00. The molecule has 2 rings (SSSR count). The molecule has 18 heavy (non-hydrogen) atoms. The van der Waals surface area contributed by atoms with Gasteiger partial charge in [0, 0.05) is 11.3 Å². The van der Waals surface area contributed by atoms with E-state index < -0.39 is 0 Å². The maximum atomic E-state index is 6.38. The Morgan fingerprint density at radius 2 is 2.28 bits per heavy atom. The molecule has 0 spiro atoms. The molecule has 1 saturated heterocycles. The van der Waals surface area contributed by atoms with Crippen molar-refractivity contribution in [2.45, 2.75) is 43.9 Å². The van der Waals surface area contributed by atoms with Crippen LogP contribution < -0.4 is 10.5 Å². The zero-order chi connectivity index (χ0) is 13.0. The van der Waals surface area contributed by atoms with E-state index in [9.17, 15) is 0 Å². The number of hydrogen-bond donors (Lipinski definition) is 1. The van der Waals surface area contributed by atoms with Crippen molar-refractivity contribution in [3.63, 3.8) is 0 Å². The van der Waals surface area contributed by atoms with Crippen molar-refractivity contribution in [3.05, 3.63) is 29.3 Å². The van der Waals surface area contributed by atoms with E-state index in [2.05, 4.69) is 19.1 Å². The molecule has 2 N–H and O–H groups in total.